The lowest BCUT2D eigenvalue weighted by Gasteiger charge is -2.45. The highest BCUT2D eigenvalue weighted by Crippen LogP contribution is 2.39. The van der Waals surface area contributed by atoms with E-state index >= 15 is 0 Å². The minimum absolute atomic E-state index is 0.272. The molecule has 1 aromatic carbocycles. The molecular weight excluding hydrogens is 372 g/mol. The van der Waals surface area contributed by atoms with Gasteiger partial charge >= 0.3 is 0 Å². The van der Waals surface area contributed by atoms with Gasteiger partial charge in [-0.05, 0) is 56.9 Å². The number of aliphatic imine (C=N–C) groups is 2. The van der Waals surface area contributed by atoms with E-state index in [4.69, 9.17) is 21.2 Å². The zero-order chi connectivity index (χ0) is 19.6. The van der Waals surface area contributed by atoms with Crippen molar-refractivity contribution in [2.75, 3.05) is 11.5 Å². The number of aryl methyl sites for hydroxylation is 1. The number of benzene rings is 1. The molecule has 1 aromatic heterocycles. The SMILES string of the molecule is Cc1ncsc1CCOc1ccc(N2C(N)=NC(N)=NC23CCCCC3)cc1. The first-order valence-corrected chi connectivity index (χ1v) is 10.6. The van der Waals surface area contributed by atoms with E-state index in [1.165, 1.54) is 11.3 Å². The van der Waals surface area contributed by atoms with Gasteiger partial charge in [0.2, 0.25) is 11.9 Å². The van der Waals surface area contributed by atoms with Gasteiger partial charge in [-0.3, -0.25) is 4.90 Å². The molecule has 0 amide bonds. The molecule has 2 aromatic rings. The Morgan fingerprint density at radius 2 is 1.89 bits per heavy atom. The summed E-state index contributed by atoms with van der Waals surface area (Å²) in [6.45, 7) is 2.65. The van der Waals surface area contributed by atoms with Crippen molar-refractivity contribution in [3.63, 3.8) is 0 Å². The van der Waals surface area contributed by atoms with Crippen LogP contribution in [0.15, 0.2) is 39.8 Å². The molecule has 1 aliphatic carbocycles. The molecule has 1 saturated carbocycles. The number of thiazole rings is 1. The molecule has 148 valence electrons. The van der Waals surface area contributed by atoms with Gasteiger partial charge in [0.15, 0.2) is 0 Å². The van der Waals surface area contributed by atoms with Crippen LogP contribution in [0.1, 0.15) is 42.7 Å². The summed E-state index contributed by atoms with van der Waals surface area (Å²) in [7, 11) is 0. The smallest absolute Gasteiger partial charge is 0.220 e. The Kier molecular flexibility index (Phi) is 5.21. The summed E-state index contributed by atoms with van der Waals surface area (Å²) in [5.74, 6) is 1.51. The predicted octanol–water partition coefficient (Wildman–Crippen LogP) is 3.18. The van der Waals surface area contributed by atoms with Gasteiger partial charge < -0.3 is 16.2 Å². The molecule has 4 rings (SSSR count). The molecular formula is C20H26N6OS. The molecule has 1 spiro atoms. The van der Waals surface area contributed by atoms with E-state index in [1.54, 1.807) is 11.3 Å². The summed E-state index contributed by atoms with van der Waals surface area (Å²) in [4.78, 5) is 16.5. The van der Waals surface area contributed by atoms with Crippen molar-refractivity contribution in [2.45, 2.75) is 51.1 Å². The van der Waals surface area contributed by atoms with E-state index < -0.39 is 5.66 Å². The van der Waals surface area contributed by atoms with Crippen LogP contribution in [-0.4, -0.2) is 29.2 Å². The minimum atomic E-state index is -0.416. The normalized spacial score (nSPS) is 18.7. The summed E-state index contributed by atoms with van der Waals surface area (Å²) >= 11 is 1.67. The highest BCUT2D eigenvalue weighted by Gasteiger charge is 2.42. The van der Waals surface area contributed by atoms with Gasteiger partial charge in [0.05, 0.1) is 17.8 Å². The maximum Gasteiger partial charge on any atom is 0.220 e. The van der Waals surface area contributed by atoms with Crippen LogP contribution in [0, 0.1) is 6.92 Å². The van der Waals surface area contributed by atoms with Crippen molar-refractivity contribution in [3.8, 4) is 5.75 Å². The van der Waals surface area contributed by atoms with Gasteiger partial charge in [-0.2, -0.15) is 4.99 Å². The molecule has 0 radical (unpaired) electrons. The third kappa shape index (κ3) is 3.69. The third-order valence-electron chi connectivity index (χ3n) is 5.39. The quantitative estimate of drug-likeness (QED) is 0.805. The molecule has 0 saturated heterocycles. The summed E-state index contributed by atoms with van der Waals surface area (Å²) < 4.78 is 5.91. The Balaban J connectivity index is 1.47. The standard InChI is InChI=1S/C20H26N6OS/c1-14-17(28-13-23-14)9-12-27-16-7-5-15(6-8-16)26-19(22)24-18(21)25-20(26)10-3-2-4-11-20/h5-8,13H,2-4,9-12H2,1H3,(H4,21,22,24,25). The Hall–Kier alpha value is -2.61. The highest BCUT2D eigenvalue weighted by molar-refractivity contribution is 7.09. The lowest BCUT2D eigenvalue weighted by atomic mass is 9.87. The molecule has 2 heterocycles. The van der Waals surface area contributed by atoms with Gasteiger partial charge in [-0.15, -0.1) is 11.3 Å². The molecule has 4 N–H and O–H groups in total. The van der Waals surface area contributed by atoms with Crippen LogP contribution in [0.25, 0.3) is 0 Å². The Labute approximate surface area is 169 Å². The second-order valence-corrected chi connectivity index (χ2v) is 8.21. The molecule has 0 unspecified atom stereocenters. The largest absolute Gasteiger partial charge is 0.493 e. The molecule has 1 aliphatic heterocycles. The first-order valence-electron chi connectivity index (χ1n) is 9.69. The lowest BCUT2D eigenvalue weighted by Crippen LogP contribution is -2.58. The second kappa shape index (κ2) is 7.79. The number of hydrogen-bond acceptors (Lipinski definition) is 8. The van der Waals surface area contributed by atoms with E-state index in [0.717, 1.165) is 49.2 Å². The zero-order valence-corrected chi connectivity index (χ0v) is 16.9. The Bertz CT molecular complexity index is 882. The van der Waals surface area contributed by atoms with Crippen molar-refractivity contribution in [1.82, 2.24) is 4.98 Å². The molecule has 8 heteroatoms. The van der Waals surface area contributed by atoms with Crippen molar-refractivity contribution in [1.29, 1.82) is 0 Å². The summed E-state index contributed by atoms with van der Waals surface area (Å²) in [5, 5.41) is 0. The van der Waals surface area contributed by atoms with E-state index in [-0.39, 0.29) is 5.96 Å². The summed E-state index contributed by atoms with van der Waals surface area (Å²) in [6.07, 6.45) is 6.15. The predicted molar refractivity (Wildman–Crippen MR) is 114 cm³/mol. The first kappa shape index (κ1) is 18.7. The van der Waals surface area contributed by atoms with Crippen LogP contribution in [-0.2, 0) is 6.42 Å². The van der Waals surface area contributed by atoms with Gasteiger partial charge in [-0.1, -0.05) is 6.42 Å². The fourth-order valence-corrected chi connectivity index (χ4v) is 4.78. The van der Waals surface area contributed by atoms with E-state index in [1.807, 2.05) is 41.6 Å². The van der Waals surface area contributed by atoms with E-state index in [9.17, 15) is 0 Å². The zero-order valence-electron chi connectivity index (χ0n) is 16.1. The number of hydrogen-bond donors (Lipinski definition) is 2. The average molecular weight is 399 g/mol. The average Bonchev–Trinajstić information content (AvgIpc) is 3.08. The van der Waals surface area contributed by atoms with E-state index in [2.05, 4.69) is 9.98 Å². The molecule has 2 aliphatic rings. The molecule has 0 atom stereocenters. The van der Waals surface area contributed by atoms with Gasteiger partial charge in [0.25, 0.3) is 0 Å². The topological polar surface area (TPSA) is 102 Å². The number of nitrogens with two attached hydrogens (primary N) is 2. The Morgan fingerprint density at radius 3 is 2.57 bits per heavy atom. The molecule has 1 fully saturated rings. The lowest BCUT2D eigenvalue weighted by molar-refractivity contribution is 0.305. The van der Waals surface area contributed by atoms with Crippen molar-refractivity contribution >= 4 is 28.9 Å². The Morgan fingerprint density at radius 1 is 1.14 bits per heavy atom. The number of anilines is 1. The molecule has 7 nitrogen and oxygen atoms in total. The molecule has 0 bridgehead atoms. The molecule has 28 heavy (non-hydrogen) atoms. The van der Waals surface area contributed by atoms with Crippen molar-refractivity contribution in [3.05, 3.63) is 40.3 Å². The first-order chi connectivity index (χ1) is 13.6. The fraction of sp³-hybridized carbons (Fsp3) is 0.450. The highest BCUT2D eigenvalue weighted by atomic mass is 32.1. The number of aromatic nitrogens is 1. The van der Waals surface area contributed by atoms with Crippen LogP contribution in [0.5, 0.6) is 5.75 Å². The second-order valence-electron chi connectivity index (χ2n) is 7.27. The van der Waals surface area contributed by atoms with Crippen LogP contribution in [0.2, 0.25) is 0 Å². The van der Waals surface area contributed by atoms with Crippen molar-refractivity contribution < 1.29 is 4.74 Å². The van der Waals surface area contributed by atoms with Gasteiger partial charge in [0.1, 0.15) is 11.4 Å². The van der Waals surface area contributed by atoms with Crippen LogP contribution in [0.4, 0.5) is 5.69 Å². The van der Waals surface area contributed by atoms with Crippen LogP contribution >= 0.6 is 11.3 Å². The van der Waals surface area contributed by atoms with Crippen LogP contribution < -0.4 is 21.1 Å². The number of ether oxygens (including phenoxy) is 1. The fourth-order valence-electron chi connectivity index (χ4n) is 4.01. The van der Waals surface area contributed by atoms with Gasteiger partial charge in [0, 0.05) is 17.0 Å². The maximum atomic E-state index is 6.27. The minimum Gasteiger partial charge on any atom is -0.493 e. The summed E-state index contributed by atoms with van der Waals surface area (Å²) in [5.41, 5.74) is 15.7. The van der Waals surface area contributed by atoms with Crippen LogP contribution in [0.3, 0.4) is 0 Å². The number of nitrogens with zero attached hydrogens (tertiary/aromatic N) is 4. The van der Waals surface area contributed by atoms with Crippen molar-refractivity contribution in [2.24, 2.45) is 21.5 Å². The van der Waals surface area contributed by atoms with Gasteiger partial charge in [-0.25, -0.2) is 9.98 Å². The summed E-state index contributed by atoms with van der Waals surface area (Å²) in [6, 6.07) is 7.98. The third-order valence-corrected chi connectivity index (χ3v) is 6.38. The monoisotopic (exact) mass is 398 g/mol. The number of rotatable bonds is 5. The maximum absolute atomic E-state index is 6.27. The van der Waals surface area contributed by atoms with E-state index in [0.29, 0.717) is 12.6 Å². The number of guanidine groups is 2.